The van der Waals surface area contributed by atoms with Crippen molar-refractivity contribution in [2.24, 2.45) is 11.8 Å². The standard InChI is InChI=1S/C21H25NO4.C20H23NO4.C19H21NO3.C18H21NO4/c1-25-15-5-4-13-10-16-21(24)7-6-14(23)19-20(21,17(13)18(15)26-19)8-9-22(16)11-12-2-3-12;22-13-4-3-12-9-15-20(24)6-5-14(23)18-19(20,16(12)17(13)25-18)7-8-21(15)10-11-1-2-11;1-20-9-8-19-12-5-7-15(22-3)18(19)23-17-14(21-2)6-4-11(16(17)19)10-13(12)20;1-19-8-7-17-14-10-3-4-12(22-2)15(14)23-16(17)11(20)5-6-18(17,21)13(19)9-10/h4-5,12,16,19,24H,2-3,6-11H2,1H3;3-4,11,15,18,22,24H,1-2,5-10H2;4-7,13,18H,8-10H2,1-3H3;3-4,13,16,21H,5-9H2,1-2H3/t16?,19?,20-,21+;15?,18?,19-,20+;13?,18?,19-;13?,16?,17-,18+/m0000/s1. The van der Waals surface area contributed by atoms with Crippen LogP contribution < -0.4 is 33.2 Å². The summed E-state index contributed by atoms with van der Waals surface area (Å²) in [6.45, 7) is 5.92. The monoisotopic (exact) mass is 1320 g/mol. The van der Waals surface area contributed by atoms with E-state index in [1.165, 1.54) is 53.5 Å². The molecule has 4 aromatic rings. The molecule has 19 nitrogen and oxygen atoms in total. The van der Waals surface area contributed by atoms with Crippen molar-refractivity contribution < 1.29 is 72.7 Å². The predicted octanol–water partition coefficient (Wildman–Crippen LogP) is 6.83. The van der Waals surface area contributed by atoms with Crippen LogP contribution in [0.15, 0.2) is 72.0 Å². The summed E-state index contributed by atoms with van der Waals surface area (Å²) in [6, 6.07) is 16.6. The molecule has 8 heterocycles. The molecule has 4 aromatic carbocycles. The lowest BCUT2D eigenvalue weighted by atomic mass is 9.49. The third kappa shape index (κ3) is 7.70. The number of Topliss-reactive ketones (excluding diaryl/α,β-unsaturated/α-hetero) is 3. The van der Waals surface area contributed by atoms with E-state index in [9.17, 15) is 34.8 Å². The molecule has 4 N–H and O–H groups in total. The van der Waals surface area contributed by atoms with E-state index in [4.69, 9.17) is 37.9 Å². The fraction of sp³-hybridized carbons (Fsp3) is 0.603. The van der Waals surface area contributed by atoms with Gasteiger partial charge in [-0.15, -0.1) is 0 Å². The maximum atomic E-state index is 12.8. The molecule has 512 valence electrons. The number of ether oxygens (including phenoxy) is 8. The number of hydrogen-bond acceptors (Lipinski definition) is 19. The van der Waals surface area contributed by atoms with Crippen LogP contribution in [0.5, 0.6) is 46.0 Å². The van der Waals surface area contributed by atoms with Gasteiger partial charge in [0.25, 0.3) is 0 Å². The zero-order chi connectivity index (χ0) is 66.4. The van der Waals surface area contributed by atoms with E-state index in [-0.39, 0.29) is 52.7 Å². The number of phenols is 1. The molecule has 10 aliphatic carbocycles. The fourth-order valence-corrected chi connectivity index (χ4v) is 23.5. The van der Waals surface area contributed by atoms with Crippen molar-refractivity contribution in [2.75, 3.05) is 81.8 Å². The molecule has 8 unspecified atom stereocenters. The van der Waals surface area contributed by atoms with Gasteiger partial charge >= 0.3 is 0 Å². The number of piperidine rings is 4. The Morgan fingerprint density at radius 3 is 1.35 bits per heavy atom. The zero-order valence-corrected chi connectivity index (χ0v) is 56.6. The number of allylic oxidation sites excluding steroid dienone is 2. The van der Waals surface area contributed by atoms with Gasteiger partial charge in [-0.25, -0.2) is 0 Å². The maximum Gasteiger partial charge on any atom is 0.174 e. The molecular weight excluding hydrogens is 1230 g/mol. The number of ketones is 3. The molecule has 22 rings (SSSR count). The second-order valence-electron chi connectivity index (χ2n) is 32.0. The highest BCUT2D eigenvalue weighted by Crippen LogP contribution is 2.69. The average Bonchev–Trinajstić information content (AvgIpc) is 1.57. The molecule has 4 saturated heterocycles. The van der Waals surface area contributed by atoms with Gasteiger partial charge < -0.3 is 63.2 Å². The number of likely N-dealkylation sites (tertiary alicyclic amines) is 4. The molecule has 0 aromatic heterocycles. The fourth-order valence-electron chi connectivity index (χ4n) is 23.5. The summed E-state index contributed by atoms with van der Waals surface area (Å²) >= 11 is 0. The van der Waals surface area contributed by atoms with E-state index in [1.807, 2.05) is 24.3 Å². The normalized spacial score (nSPS) is 39.0. The van der Waals surface area contributed by atoms with Crippen LogP contribution in [0.3, 0.4) is 0 Å². The highest BCUT2D eigenvalue weighted by Gasteiger charge is 2.77. The molecule has 97 heavy (non-hydrogen) atoms. The van der Waals surface area contributed by atoms with E-state index in [1.54, 1.807) is 34.5 Å². The number of nitrogens with zero attached hydrogens (tertiary/aromatic N) is 4. The molecular formula is C78H90N4O15. The summed E-state index contributed by atoms with van der Waals surface area (Å²) in [6.07, 6.45) is 17.3. The van der Waals surface area contributed by atoms with Gasteiger partial charge in [-0.05, 0) is 207 Å². The van der Waals surface area contributed by atoms with Gasteiger partial charge in [-0.1, -0.05) is 30.3 Å². The van der Waals surface area contributed by atoms with Crippen molar-refractivity contribution in [1.82, 2.24) is 19.6 Å². The van der Waals surface area contributed by atoms with Crippen molar-refractivity contribution in [3.05, 3.63) is 117 Å². The third-order valence-corrected chi connectivity index (χ3v) is 28.2. The van der Waals surface area contributed by atoms with Crippen LogP contribution in [-0.2, 0) is 66.5 Å². The minimum absolute atomic E-state index is 0.0438. The van der Waals surface area contributed by atoms with E-state index >= 15 is 0 Å². The van der Waals surface area contributed by atoms with Gasteiger partial charge in [0, 0.05) is 78.8 Å². The van der Waals surface area contributed by atoms with Gasteiger partial charge in [0.2, 0.25) is 0 Å². The zero-order valence-electron chi connectivity index (χ0n) is 56.6. The first-order chi connectivity index (χ1) is 46.9. The molecule has 19 heteroatoms. The van der Waals surface area contributed by atoms with E-state index in [2.05, 4.69) is 64.0 Å². The van der Waals surface area contributed by atoms with Crippen molar-refractivity contribution in [3.8, 4) is 46.0 Å². The lowest BCUT2D eigenvalue weighted by molar-refractivity contribution is -0.188. The number of rotatable bonds is 8. The summed E-state index contributed by atoms with van der Waals surface area (Å²) < 4.78 is 47.2. The number of carbonyl (C=O) groups excluding carboxylic acids is 3. The van der Waals surface area contributed by atoms with Crippen molar-refractivity contribution in [2.45, 2.75) is 203 Å². The Balaban J connectivity index is 0.0000000910. The quantitative estimate of drug-likeness (QED) is 0.142. The summed E-state index contributed by atoms with van der Waals surface area (Å²) in [7, 11) is 11.0. The van der Waals surface area contributed by atoms with E-state index < -0.39 is 51.4 Å². The lowest BCUT2D eigenvalue weighted by Crippen LogP contribution is -2.76. The number of methoxy groups -OCH3 is 4. The minimum Gasteiger partial charge on any atom is -0.504 e. The summed E-state index contributed by atoms with van der Waals surface area (Å²) in [5, 5.41) is 46.1. The van der Waals surface area contributed by atoms with Crippen LogP contribution in [0.1, 0.15) is 134 Å². The number of carbonyl (C=O) groups is 3. The van der Waals surface area contributed by atoms with Gasteiger partial charge in [0.1, 0.15) is 5.76 Å². The second-order valence-corrected chi connectivity index (χ2v) is 32.0. The number of likely N-dealkylation sites (N-methyl/N-ethyl adjacent to an activating group) is 2. The molecule has 0 radical (unpaired) electrons. The number of aromatic hydroxyl groups is 1. The van der Waals surface area contributed by atoms with Crippen LogP contribution in [-0.4, -0.2) is 205 Å². The first-order valence-corrected chi connectivity index (χ1v) is 36.1. The van der Waals surface area contributed by atoms with Crippen molar-refractivity contribution in [3.63, 3.8) is 0 Å². The third-order valence-electron chi connectivity index (χ3n) is 28.2. The Labute approximate surface area is 565 Å². The highest BCUT2D eigenvalue weighted by atomic mass is 16.6. The molecule has 18 aliphatic rings. The largest absolute Gasteiger partial charge is 0.504 e. The van der Waals surface area contributed by atoms with Crippen molar-refractivity contribution >= 4 is 17.3 Å². The van der Waals surface area contributed by atoms with Crippen LogP contribution >= 0.6 is 0 Å². The van der Waals surface area contributed by atoms with Crippen LogP contribution in [0.2, 0.25) is 0 Å². The van der Waals surface area contributed by atoms with Crippen molar-refractivity contribution in [1.29, 1.82) is 0 Å². The molecule has 9 fully saturated rings. The maximum absolute atomic E-state index is 12.8. The van der Waals surface area contributed by atoms with Gasteiger partial charge in [-0.2, -0.15) is 0 Å². The van der Waals surface area contributed by atoms with Gasteiger partial charge in [0.05, 0.1) is 66.9 Å². The van der Waals surface area contributed by atoms with E-state index in [0.717, 1.165) is 142 Å². The Morgan fingerprint density at radius 2 is 0.866 bits per heavy atom. The minimum atomic E-state index is -0.940. The van der Waals surface area contributed by atoms with E-state index in [0.29, 0.717) is 73.3 Å². The summed E-state index contributed by atoms with van der Waals surface area (Å²) in [5.41, 5.74) is 6.16. The first-order valence-electron chi connectivity index (χ1n) is 36.1. The Morgan fingerprint density at radius 1 is 0.454 bits per heavy atom. The molecule has 8 aliphatic heterocycles. The Kier molecular flexibility index (Phi) is 13.3. The molecule has 0 amide bonds. The van der Waals surface area contributed by atoms with Gasteiger partial charge in [-0.3, -0.25) is 29.1 Å². The number of benzene rings is 4. The number of phenolic OH excluding ortho intramolecular Hbond substituents is 1. The Hall–Kier alpha value is -6.71. The van der Waals surface area contributed by atoms with Gasteiger partial charge in [0.15, 0.2) is 87.8 Å². The van der Waals surface area contributed by atoms with Crippen LogP contribution in [0, 0.1) is 11.8 Å². The topological polar surface area (TPSA) is 219 Å². The summed E-state index contributed by atoms with van der Waals surface area (Å²) in [5.74, 6) is 7.85. The van der Waals surface area contributed by atoms with Crippen LogP contribution in [0.4, 0.5) is 0 Å². The second kappa shape index (κ2) is 20.9. The highest BCUT2D eigenvalue weighted by molar-refractivity contribution is 5.92. The predicted molar refractivity (Wildman–Crippen MR) is 355 cm³/mol. The number of hydrogen-bond donors (Lipinski definition) is 4. The molecule has 4 spiro atoms. The molecule has 5 saturated carbocycles. The SMILES string of the molecule is COC1=CC=C2C3Cc4ccc(OC)c5c4[C@@]2(CCN3C)C1O5.COc1ccc2c3c1OC1C(=O)CC[C@@]4(O)C(C2)N(C)CC[C@]314.COc1ccc2c3c1OC1C(=O)CC[C@@]4(O)C(C2)N(CC2CC2)CC[C@]314.O=C1CC[C@@]2(O)C3Cc4ccc(O)c5c4[C@@]2(CCN3CC2CC2)C1O5. The first kappa shape index (κ1) is 61.4. The Bertz CT molecular complexity index is 4160. The molecule has 15 atom stereocenters. The number of aliphatic hydroxyl groups is 3. The smallest absolute Gasteiger partial charge is 0.174 e. The lowest BCUT2D eigenvalue weighted by Gasteiger charge is -2.62. The molecule has 8 bridgehead atoms. The average molecular weight is 1320 g/mol. The summed E-state index contributed by atoms with van der Waals surface area (Å²) in [4.78, 5) is 47.9. The van der Waals surface area contributed by atoms with Crippen LogP contribution in [0.25, 0.3) is 0 Å².